The van der Waals surface area contributed by atoms with Gasteiger partial charge in [0.15, 0.2) is 0 Å². The van der Waals surface area contributed by atoms with Crippen LogP contribution in [0.15, 0.2) is 188 Å². The van der Waals surface area contributed by atoms with E-state index in [1.54, 1.807) is 0 Å². The van der Waals surface area contributed by atoms with Gasteiger partial charge in [-0.1, -0.05) is 185 Å². The minimum atomic E-state index is -0.262. The van der Waals surface area contributed by atoms with E-state index in [-0.39, 0.29) is 10.8 Å². The fraction of sp³-hybridized carbons (Fsp3) is 0.111. The van der Waals surface area contributed by atoms with Crippen molar-refractivity contribution in [2.24, 2.45) is 0 Å². The summed E-state index contributed by atoms with van der Waals surface area (Å²) >= 11 is 0. The Labute approximate surface area is 325 Å². The number of hydrogen-bond acceptors (Lipinski definition) is 1. The maximum Gasteiger partial charge on any atom is 0.0540 e. The Kier molecular flexibility index (Phi) is 7.58. The fourth-order valence-electron chi connectivity index (χ4n) is 9.59. The first kappa shape index (κ1) is 33.2. The van der Waals surface area contributed by atoms with Crippen LogP contribution in [0.4, 0.5) is 17.1 Å². The second kappa shape index (κ2) is 12.6. The Morgan fingerprint density at radius 3 is 1.51 bits per heavy atom. The van der Waals surface area contributed by atoms with Crippen molar-refractivity contribution in [2.45, 2.75) is 38.5 Å². The van der Waals surface area contributed by atoms with E-state index in [9.17, 15) is 0 Å². The van der Waals surface area contributed by atoms with Crippen LogP contribution in [-0.2, 0) is 10.8 Å². The third-order valence-electron chi connectivity index (χ3n) is 12.3. The van der Waals surface area contributed by atoms with Crippen LogP contribution in [0.1, 0.15) is 49.9 Å². The third kappa shape index (κ3) is 5.14. The zero-order valence-corrected chi connectivity index (χ0v) is 31.8. The van der Waals surface area contributed by atoms with E-state index in [0.29, 0.717) is 0 Å². The third-order valence-corrected chi connectivity index (χ3v) is 12.3. The van der Waals surface area contributed by atoms with Gasteiger partial charge in [-0.05, 0) is 103 Å². The topological polar surface area (TPSA) is 3.24 Å². The van der Waals surface area contributed by atoms with Crippen LogP contribution in [0.25, 0.3) is 55.6 Å². The molecule has 55 heavy (non-hydrogen) atoms. The molecule has 0 amide bonds. The average molecular weight is 706 g/mol. The largest absolute Gasteiger partial charge is 0.310 e. The molecule has 0 fully saturated rings. The van der Waals surface area contributed by atoms with E-state index in [0.717, 1.165) is 17.1 Å². The van der Waals surface area contributed by atoms with Crippen LogP contribution >= 0.6 is 0 Å². The lowest BCUT2D eigenvalue weighted by atomic mass is 9.77. The molecule has 0 aromatic heterocycles. The number of hydrogen-bond donors (Lipinski definition) is 0. The minimum Gasteiger partial charge on any atom is -0.310 e. The summed E-state index contributed by atoms with van der Waals surface area (Å²) in [5.74, 6) is 0. The molecule has 0 N–H and O–H groups in total. The number of anilines is 3. The summed E-state index contributed by atoms with van der Waals surface area (Å²) in [7, 11) is 0. The summed E-state index contributed by atoms with van der Waals surface area (Å²) in [4.78, 5) is 2.49. The van der Waals surface area contributed by atoms with Crippen molar-refractivity contribution < 1.29 is 0 Å². The molecule has 0 saturated heterocycles. The molecule has 0 radical (unpaired) electrons. The lowest BCUT2D eigenvalue weighted by Crippen LogP contribution is -2.18. The van der Waals surface area contributed by atoms with Gasteiger partial charge >= 0.3 is 0 Å². The van der Waals surface area contributed by atoms with Crippen molar-refractivity contribution in [3.05, 3.63) is 210 Å². The number of para-hydroxylation sites is 1. The summed E-state index contributed by atoms with van der Waals surface area (Å²) < 4.78 is 0. The van der Waals surface area contributed by atoms with Crippen molar-refractivity contribution in [2.75, 3.05) is 4.90 Å². The maximum atomic E-state index is 2.49. The quantitative estimate of drug-likeness (QED) is 0.166. The monoisotopic (exact) mass is 705 g/mol. The van der Waals surface area contributed by atoms with Crippen molar-refractivity contribution >= 4 is 17.1 Å². The predicted molar refractivity (Wildman–Crippen MR) is 233 cm³/mol. The van der Waals surface area contributed by atoms with E-state index in [2.05, 4.69) is 221 Å². The number of nitrogens with zero attached hydrogens (tertiary/aromatic N) is 1. The summed E-state index contributed by atoms with van der Waals surface area (Å²) in [6.07, 6.45) is 0. The summed E-state index contributed by atoms with van der Waals surface area (Å²) in [5.41, 5.74) is 21.4. The lowest BCUT2D eigenvalue weighted by Gasteiger charge is -2.31. The summed E-state index contributed by atoms with van der Waals surface area (Å²) in [6.45, 7) is 9.54. The van der Waals surface area contributed by atoms with E-state index in [1.807, 2.05) is 0 Å². The number of rotatable bonds is 6. The molecule has 0 unspecified atom stereocenters. The second-order valence-electron chi connectivity index (χ2n) is 16.1. The molecule has 8 aromatic carbocycles. The van der Waals surface area contributed by atoms with Gasteiger partial charge in [0.25, 0.3) is 0 Å². The Hall–Kier alpha value is -6.44. The molecule has 0 bridgehead atoms. The molecule has 1 nitrogen and oxygen atoms in total. The van der Waals surface area contributed by atoms with Crippen LogP contribution in [0.5, 0.6) is 0 Å². The van der Waals surface area contributed by atoms with Crippen LogP contribution in [0, 0.1) is 0 Å². The Morgan fingerprint density at radius 2 is 0.818 bits per heavy atom. The molecular weight excluding hydrogens is 663 g/mol. The van der Waals surface area contributed by atoms with Crippen LogP contribution < -0.4 is 4.90 Å². The standard InChI is InChI=1S/C54H43N/c1-53(2)47-26-16-14-25-44(47)46-34-39(29-33-48(46)53)55(50-27-17-15-24-41(50)36-18-8-5-9-19-36)40-28-30-45-49(35-40)54(3,4)52-43(38-22-12-7-13-23-38)32-31-42(51(45)52)37-20-10-6-11-21-37/h5-35H,1-4H3. The molecule has 0 heterocycles. The molecule has 2 aliphatic rings. The van der Waals surface area contributed by atoms with Crippen molar-refractivity contribution in [3.8, 4) is 55.6 Å². The first-order valence-electron chi connectivity index (χ1n) is 19.4. The molecule has 0 saturated carbocycles. The fourth-order valence-corrected chi connectivity index (χ4v) is 9.59. The minimum absolute atomic E-state index is 0.0620. The molecule has 0 atom stereocenters. The van der Waals surface area contributed by atoms with E-state index >= 15 is 0 Å². The second-order valence-corrected chi connectivity index (χ2v) is 16.1. The Balaban J connectivity index is 1.22. The van der Waals surface area contributed by atoms with Gasteiger partial charge in [-0.15, -0.1) is 0 Å². The average Bonchev–Trinajstić information content (AvgIpc) is 3.61. The van der Waals surface area contributed by atoms with Gasteiger partial charge in [-0.2, -0.15) is 0 Å². The van der Waals surface area contributed by atoms with E-state index in [1.165, 1.54) is 77.9 Å². The van der Waals surface area contributed by atoms with Crippen LogP contribution in [0.2, 0.25) is 0 Å². The van der Waals surface area contributed by atoms with Gasteiger partial charge in [0.2, 0.25) is 0 Å². The van der Waals surface area contributed by atoms with Gasteiger partial charge in [0, 0.05) is 27.8 Å². The molecule has 10 rings (SSSR count). The van der Waals surface area contributed by atoms with E-state index < -0.39 is 0 Å². The number of fused-ring (bicyclic) bond motifs is 6. The molecule has 0 spiro atoms. The molecule has 1 heteroatoms. The van der Waals surface area contributed by atoms with Crippen molar-refractivity contribution in [1.29, 1.82) is 0 Å². The summed E-state index contributed by atoms with van der Waals surface area (Å²) in [5, 5.41) is 0. The van der Waals surface area contributed by atoms with Crippen LogP contribution in [-0.4, -0.2) is 0 Å². The number of benzene rings is 8. The van der Waals surface area contributed by atoms with Crippen molar-refractivity contribution in [3.63, 3.8) is 0 Å². The SMILES string of the molecule is CC1(C)c2ccccc2-c2cc(N(c3ccc4c(c3)C(C)(C)c3c(-c5ccccc5)ccc(-c5ccccc5)c3-4)c3ccccc3-c3ccccc3)ccc21. The predicted octanol–water partition coefficient (Wildman–Crippen LogP) is 14.8. The zero-order valence-electron chi connectivity index (χ0n) is 31.8. The maximum absolute atomic E-state index is 2.49. The highest BCUT2D eigenvalue weighted by molar-refractivity contribution is 5.99. The van der Waals surface area contributed by atoms with E-state index in [4.69, 9.17) is 0 Å². The van der Waals surface area contributed by atoms with Gasteiger partial charge in [0.1, 0.15) is 0 Å². The van der Waals surface area contributed by atoms with Gasteiger partial charge in [-0.25, -0.2) is 0 Å². The van der Waals surface area contributed by atoms with Gasteiger partial charge in [-0.3, -0.25) is 0 Å². The molecule has 264 valence electrons. The lowest BCUT2D eigenvalue weighted by molar-refractivity contribution is 0.660. The molecule has 2 aliphatic carbocycles. The van der Waals surface area contributed by atoms with Crippen molar-refractivity contribution in [1.82, 2.24) is 0 Å². The molecular formula is C54H43N. The molecule has 8 aromatic rings. The zero-order chi connectivity index (χ0) is 37.3. The smallest absolute Gasteiger partial charge is 0.0540 e. The highest BCUT2D eigenvalue weighted by Gasteiger charge is 2.40. The highest BCUT2D eigenvalue weighted by Crippen LogP contribution is 2.57. The van der Waals surface area contributed by atoms with Gasteiger partial charge < -0.3 is 4.90 Å². The first-order chi connectivity index (χ1) is 26.8. The first-order valence-corrected chi connectivity index (χ1v) is 19.4. The Bertz CT molecular complexity index is 2740. The summed E-state index contributed by atoms with van der Waals surface area (Å²) in [6, 6.07) is 69.4. The Morgan fingerprint density at radius 1 is 0.327 bits per heavy atom. The normalized spacial score (nSPS) is 14.1. The molecule has 0 aliphatic heterocycles. The van der Waals surface area contributed by atoms with Crippen LogP contribution in [0.3, 0.4) is 0 Å². The van der Waals surface area contributed by atoms with Gasteiger partial charge in [0.05, 0.1) is 5.69 Å². The highest BCUT2D eigenvalue weighted by atomic mass is 15.1.